The fourth-order valence-electron chi connectivity index (χ4n) is 1.65. The summed E-state index contributed by atoms with van der Waals surface area (Å²) < 4.78 is 5.07. The van der Waals surface area contributed by atoms with Crippen LogP contribution in [0.2, 0.25) is 0 Å². The minimum Gasteiger partial charge on any atom is -0.383 e. The summed E-state index contributed by atoms with van der Waals surface area (Å²) in [5.41, 5.74) is 5.40. The van der Waals surface area contributed by atoms with Gasteiger partial charge in [0.25, 0.3) is 5.56 Å². The molecule has 6 nitrogen and oxygen atoms in total. The van der Waals surface area contributed by atoms with E-state index >= 15 is 0 Å². The summed E-state index contributed by atoms with van der Waals surface area (Å²) in [7, 11) is 1.66. The number of aromatic amines is 1. The van der Waals surface area contributed by atoms with Crippen LogP contribution in [0.5, 0.6) is 0 Å². The molecule has 0 saturated carbocycles. The van der Waals surface area contributed by atoms with Crippen LogP contribution in [0, 0.1) is 0 Å². The van der Waals surface area contributed by atoms with E-state index in [0.29, 0.717) is 37.8 Å². The molecule has 0 aliphatic heterocycles. The van der Waals surface area contributed by atoms with Gasteiger partial charge in [0, 0.05) is 32.7 Å². The van der Waals surface area contributed by atoms with Gasteiger partial charge in [0.2, 0.25) is 0 Å². The summed E-state index contributed by atoms with van der Waals surface area (Å²) in [6, 6.07) is 1.52. The van der Waals surface area contributed by atoms with E-state index in [9.17, 15) is 4.79 Å². The molecule has 0 spiro atoms. The van der Waals surface area contributed by atoms with Gasteiger partial charge < -0.3 is 20.4 Å². The van der Waals surface area contributed by atoms with Gasteiger partial charge >= 0.3 is 0 Å². The van der Waals surface area contributed by atoms with Crippen molar-refractivity contribution in [3.63, 3.8) is 0 Å². The molecule has 6 heteroatoms. The molecule has 3 N–H and O–H groups in total. The first-order valence-corrected chi connectivity index (χ1v) is 6.25. The molecule has 0 amide bonds. The van der Waals surface area contributed by atoms with Crippen LogP contribution in [-0.2, 0) is 11.2 Å². The average Bonchev–Trinajstić information content (AvgIpc) is 2.38. The molecule has 0 unspecified atom stereocenters. The number of nitrogens with one attached hydrogen (secondary N) is 1. The third-order valence-electron chi connectivity index (χ3n) is 2.63. The maximum atomic E-state index is 11.5. The average molecular weight is 254 g/mol. The van der Waals surface area contributed by atoms with Crippen molar-refractivity contribution in [1.82, 2.24) is 9.97 Å². The standard InChI is InChI=1S/C12H22N4O2/c1-3-10-14-11(9-12(17)15-10)16(6-4-5-13)7-8-18-2/h9H,3-8,13H2,1-2H3,(H,14,15,17). The predicted molar refractivity (Wildman–Crippen MR) is 72.0 cm³/mol. The van der Waals surface area contributed by atoms with Gasteiger partial charge in [0.15, 0.2) is 0 Å². The third kappa shape index (κ3) is 4.46. The van der Waals surface area contributed by atoms with E-state index in [0.717, 1.165) is 13.0 Å². The monoisotopic (exact) mass is 254 g/mol. The van der Waals surface area contributed by atoms with Crippen molar-refractivity contribution in [3.05, 3.63) is 22.2 Å². The number of hydrogen-bond donors (Lipinski definition) is 2. The summed E-state index contributed by atoms with van der Waals surface area (Å²) in [4.78, 5) is 20.7. The molecule has 0 atom stereocenters. The molecule has 0 bridgehead atoms. The lowest BCUT2D eigenvalue weighted by atomic mass is 10.3. The number of H-pyrrole nitrogens is 1. The number of nitrogens with zero attached hydrogens (tertiary/aromatic N) is 2. The lowest BCUT2D eigenvalue weighted by molar-refractivity contribution is 0.205. The van der Waals surface area contributed by atoms with Crippen LogP contribution < -0.4 is 16.2 Å². The predicted octanol–water partition coefficient (Wildman–Crippen LogP) is 0.134. The number of rotatable bonds is 8. The number of anilines is 1. The van der Waals surface area contributed by atoms with Gasteiger partial charge in [-0.15, -0.1) is 0 Å². The van der Waals surface area contributed by atoms with Gasteiger partial charge in [-0.05, 0) is 13.0 Å². The Bertz CT molecular complexity index is 397. The zero-order valence-electron chi connectivity index (χ0n) is 11.1. The van der Waals surface area contributed by atoms with Crippen LogP contribution in [0.1, 0.15) is 19.2 Å². The minimum absolute atomic E-state index is 0.119. The van der Waals surface area contributed by atoms with Crippen molar-refractivity contribution in [3.8, 4) is 0 Å². The highest BCUT2D eigenvalue weighted by Crippen LogP contribution is 2.08. The molecule has 1 rings (SSSR count). The van der Waals surface area contributed by atoms with E-state index in [-0.39, 0.29) is 5.56 Å². The second-order valence-corrected chi connectivity index (χ2v) is 4.03. The smallest absolute Gasteiger partial charge is 0.252 e. The lowest BCUT2D eigenvalue weighted by Crippen LogP contribution is -2.31. The highest BCUT2D eigenvalue weighted by molar-refractivity contribution is 5.37. The molecule has 1 aromatic rings. The first kappa shape index (κ1) is 14.7. The second kappa shape index (κ2) is 7.84. The summed E-state index contributed by atoms with van der Waals surface area (Å²) in [5.74, 6) is 1.40. The summed E-state index contributed by atoms with van der Waals surface area (Å²) in [5, 5.41) is 0. The van der Waals surface area contributed by atoms with E-state index in [4.69, 9.17) is 10.5 Å². The topological polar surface area (TPSA) is 84.2 Å². The molecule has 0 radical (unpaired) electrons. The first-order valence-electron chi connectivity index (χ1n) is 6.25. The molecular formula is C12H22N4O2. The Morgan fingerprint density at radius 3 is 2.89 bits per heavy atom. The zero-order valence-corrected chi connectivity index (χ0v) is 11.1. The van der Waals surface area contributed by atoms with E-state index in [1.807, 2.05) is 11.8 Å². The molecule has 0 aromatic carbocycles. The van der Waals surface area contributed by atoms with Crippen molar-refractivity contribution in [2.45, 2.75) is 19.8 Å². The molecule has 0 aliphatic rings. The van der Waals surface area contributed by atoms with Crippen molar-refractivity contribution >= 4 is 5.82 Å². The minimum atomic E-state index is -0.119. The molecule has 0 fully saturated rings. The van der Waals surface area contributed by atoms with Crippen LogP contribution in [0.15, 0.2) is 10.9 Å². The summed E-state index contributed by atoms with van der Waals surface area (Å²) in [6.07, 6.45) is 1.57. The maximum absolute atomic E-state index is 11.5. The highest BCUT2D eigenvalue weighted by Gasteiger charge is 2.09. The van der Waals surface area contributed by atoms with E-state index in [1.54, 1.807) is 7.11 Å². The van der Waals surface area contributed by atoms with Gasteiger partial charge in [-0.3, -0.25) is 4.79 Å². The summed E-state index contributed by atoms with van der Waals surface area (Å²) in [6.45, 7) is 4.66. The van der Waals surface area contributed by atoms with Gasteiger partial charge in [-0.1, -0.05) is 6.92 Å². The zero-order chi connectivity index (χ0) is 13.4. The Balaban J connectivity index is 2.88. The number of ether oxygens (including phenoxy) is 1. The SMILES string of the molecule is CCc1nc(N(CCCN)CCOC)cc(=O)[nH]1. The highest BCUT2D eigenvalue weighted by atomic mass is 16.5. The van der Waals surface area contributed by atoms with Crippen molar-refractivity contribution in [2.24, 2.45) is 5.73 Å². The number of nitrogens with two attached hydrogens (primary N) is 1. The number of hydrogen-bond acceptors (Lipinski definition) is 5. The second-order valence-electron chi connectivity index (χ2n) is 4.03. The third-order valence-corrected chi connectivity index (χ3v) is 2.63. The molecule has 18 heavy (non-hydrogen) atoms. The quantitative estimate of drug-likeness (QED) is 0.689. The Labute approximate surface area is 107 Å². The van der Waals surface area contributed by atoms with E-state index in [1.165, 1.54) is 6.07 Å². The van der Waals surface area contributed by atoms with Crippen LogP contribution in [-0.4, -0.2) is 43.3 Å². The van der Waals surface area contributed by atoms with E-state index < -0.39 is 0 Å². The summed E-state index contributed by atoms with van der Waals surface area (Å²) >= 11 is 0. The normalized spacial score (nSPS) is 10.6. The fourth-order valence-corrected chi connectivity index (χ4v) is 1.65. The van der Waals surface area contributed by atoms with Crippen molar-refractivity contribution in [1.29, 1.82) is 0 Å². The molecule has 1 heterocycles. The van der Waals surface area contributed by atoms with Crippen LogP contribution in [0.25, 0.3) is 0 Å². The van der Waals surface area contributed by atoms with Crippen LogP contribution >= 0.6 is 0 Å². The van der Waals surface area contributed by atoms with E-state index in [2.05, 4.69) is 9.97 Å². The lowest BCUT2D eigenvalue weighted by Gasteiger charge is -2.23. The van der Waals surface area contributed by atoms with Crippen LogP contribution in [0.3, 0.4) is 0 Å². The molecule has 0 aliphatic carbocycles. The molecule has 1 aromatic heterocycles. The largest absolute Gasteiger partial charge is 0.383 e. The Morgan fingerprint density at radius 2 is 2.28 bits per heavy atom. The fraction of sp³-hybridized carbons (Fsp3) is 0.667. The van der Waals surface area contributed by atoms with Gasteiger partial charge in [-0.2, -0.15) is 0 Å². The molecular weight excluding hydrogens is 232 g/mol. The van der Waals surface area contributed by atoms with Crippen molar-refractivity contribution in [2.75, 3.05) is 38.3 Å². The Hall–Kier alpha value is -1.40. The number of methoxy groups -OCH3 is 1. The number of aryl methyl sites for hydroxylation is 1. The molecule has 102 valence electrons. The van der Waals surface area contributed by atoms with Crippen LogP contribution in [0.4, 0.5) is 5.82 Å². The first-order chi connectivity index (χ1) is 8.71. The van der Waals surface area contributed by atoms with Gasteiger partial charge in [0.1, 0.15) is 11.6 Å². The Kier molecular flexibility index (Phi) is 6.38. The van der Waals surface area contributed by atoms with Crippen molar-refractivity contribution < 1.29 is 4.74 Å². The maximum Gasteiger partial charge on any atom is 0.252 e. The van der Waals surface area contributed by atoms with Gasteiger partial charge in [0.05, 0.1) is 6.61 Å². The number of aromatic nitrogens is 2. The Morgan fingerprint density at radius 1 is 1.50 bits per heavy atom. The molecule has 0 saturated heterocycles. The van der Waals surface area contributed by atoms with Gasteiger partial charge in [-0.25, -0.2) is 4.98 Å².